The van der Waals surface area contributed by atoms with Crippen molar-refractivity contribution in [1.82, 2.24) is 10.2 Å². The minimum absolute atomic E-state index is 0.0610. The van der Waals surface area contributed by atoms with Gasteiger partial charge in [-0.1, -0.05) is 48.2 Å². The molecule has 5 heteroatoms. The molecule has 0 spiro atoms. The van der Waals surface area contributed by atoms with Gasteiger partial charge >= 0.3 is 0 Å². The molecule has 21 heavy (non-hydrogen) atoms. The van der Waals surface area contributed by atoms with E-state index >= 15 is 0 Å². The first kappa shape index (κ1) is 16.3. The van der Waals surface area contributed by atoms with Crippen molar-refractivity contribution in [3.05, 3.63) is 35.4 Å². The van der Waals surface area contributed by atoms with Gasteiger partial charge in [0.25, 0.3) is 0 Å². The molecule has 1 amide bonds. The van der Waals surface area contributed by atoms with E-state index in [-0.39, 0.29) is 17.2 Å². The predicted molar refractivity (Wildman–Crippen MR) is 93.6 cm³/mol. The van der Waals surface area contributed by atoms with Crippen LogP contribution in [0.5, 0.6) is 0 Å². The monoisotopic (exact) mass is 322 g/mol. The lowest BCUT2D eigenvalue weighted by molar-refractivity contribution is -0.121. The van der Waals surface area contributed by atoms with Crippen LogP contribution in [0.4, 0.5) is 0 Å². The Kier molecular flexibility index (Phi) is 5.65. The lowest BCUT2D eigenvalue weighted by Gasteiger charge is -2.27. The number of nitrogens with zero attached hydrogens (tertiary/aromatic N) is 1. The van der Waals surface area contributed by atoms with Gasteiger partial charge in [0, 0.05) is 14.1 Å². The number of thiocarbonyl (C=S) groups is 1. The molecule has 1 aliphatic carbocycles. The summed E-state index contributed by atoms with van der Waals surface area (Å²) in [6, 6.07) is 8.53. The van der Waals surface area contributed by atoms with Gasteiger partial charge in [-0.15, -0.1) is 0 Å². The third-order valence-corrected chi connectivity index (χ3v) is 5.49. The van der Waals surface area contributed by atoms with Crippen LogP contribution in [0.25, 0.3) is 0 Å². The van der Waals surface area contributed by atoms with Crippen LogP contribution in [0.3, 0.4) is 0 Å². The Morgan fingerprint density at radius 3 is 2.86 bits per heavy atom. The second-order valence-corrected chi connectivity index (χ2v) is 7.55. The zero-order valence-electron chi connectivity index (χ0n) is 12.8. The molecule has 0 radical (unpaired) electrons. The summed E-state index contributed by atoms with van der Waals surface area (Å²) in [5, 5.41) is 3.01. The summed E-state index contributed by atoms with van der Waals surface area (Å²) in [5.74, 6) is 0.0610. The molecule has 0 unspecified atom stereocenters. The van der Waals surface area contributed by atoms with Crippen molar-refractivity contribution in [2.75, 3.05) is 14.1 Å². The van der Waals surface area contributed by atoms with E-state index in [0.29, 0.717) is 0 Å². The summed E-state index contributed by atoms with van der Waals surface area (Å²) in [7, 11) is 3.80. The van der Waals surface area contributed by atoms with Gasteiger partial charge in [0.2, 0.25) is 5.91 Å². The van der Waals surface area contributed by atoms with Crippen LogP contribution in [0.15, 0.2) is 24.3 Å². The highest BCUT2D eigenvalue weighted by atomic mass is 32.2. The number of hydrogen-bond acceptors (Lipinski definition) is 3. The first-order chi connectivity index (χ1) is 9.99. The average Bonchev–Trinajstić information content (AvgIpc) is 2.47. The topological polar surface area (TPSA) is 32.3 Å². The van der Waals surface area contributed by atoms with Crippen LogP contribution in [0, 0.1) is 0 Å². The van der Waals surface area contributed by atoms with E-state index < -0.39 is 0 Å². The molecule has 0 bridgehead atoms. The number of carbonyl (C=O) groups is 1. The van der Waals surface area contributed by atoms with Gasteiger partial charge in [-0.05, 0) is 37.3 Å². The molecular weight excluding hydrogens is 300 g/mol. The molecule has 1 N–H and O–H groups in total. The van der Waals surface area contributed by atoms with Crippen molar-refractivity contribution in [3.63, 3.8) is 0 Å². The fourth-order valence-electron chi connectivity index (χ4n) is 2.50. The molecule has 114 valence electrons. The number of nitrogens with one attached hydrogen (secondary N) is 1. The van der Waals surface area contributed by atoms with E-state index in [1.807, 2.05) is 32.0 Å². The van der Waals surface area contributed by atoms with E-state index in [1.54, 1.807) is 0 Å². The van der Waals surface area contributed by atoms with Crippen LogP contribution < -0.4 is 5.32 Å². The van der Waals surface area contributed by atoms with Crippen molar-refractivity contribution in [2.24, 2.45) is 0 Å². The van der Waals surface area contributed by atoms with Gasteiger partial charge in [0.1, 0.15) is 4.32 Å². The number of fused-ring (bicyclic) bond motifs is 1. The minimum atomic E-state index is -0.172. The Morgan fingerprint density at radius 1 is 1.43 bits per heavy atom. The molecule has 3 nitrogen and oxygen atoms in total. The molecule has 0 aromatic heterocycles. The number of amides is 1. The highest BCUT2D eigenvalue weighted by Gasteiger charge is 2.24. The van der Waals surface area contributed by atoms with Crippen molar-refractivity contribution >= 4 is 34.2 Å². The summed E-state index contributed by atoms with van der Waals surface area (Å²) in [4.78, 5) is 14.2. The van der Waals surface area contributed by atoms with E-state index in [4.69, 9.17) is 12.2 Å². The zero-order chi connectivity index (χ0) is 15.4. The van der Waals surface area contributed by atoms with Gasteiger partial charge < -0.3 is 10.2 Å². The smallest absolute Gasteiger partial charge is 0.233 e. The molecule has 0 heterocycles. The number of aryl methyl sites for hydroxylation is 1. The number of carbonyl (C=O) groups excluding carboxylic acids is 1. The Balaban J connectivity index is 1.99. The van der Waals surface area contributed by atoms with Crippen LogP contribution in [0.1, 0.15) is 36.9 Å². The average molecular weight is 322 g/mol. The Bertz CT molecular complexity index is 531. The fraction of sp³-hybridized carbons (Fsp3) is 0.500. The second-order valence-electron chi connectivity index (χ2n) is 5.57. The van der Waals surface area contributed by atoms with Crippen LogP contribution in [-0.2, 0) is 11.2 Å². The van der Waals surface area contributed by atoms with Crippen LogP contribution in [-0.4, -0.2) is 34.5 Å². The minimum Gasteiger partial charge on any atom is -0.364 e. The first-order valence-electron chi connectivity index (χ1n) is 7.25. The van der Waals surface area contributed by atoms with E-state index in [2.05, 4.69) is 23.5 Å². The normalized spacial score (nSPS) is 18.5. The molecule has 0 saturated heterocycles. The molecule has 1 aromatic carbocycles. The van der Waals surface area contributed by atoms with Gasteiger partial charge in [-0.25, -0.2) is 0 Å². The Hall–Kier alpha value is -1.07. The van der Waals surface area contributed by atoms with Gasteiger partial charge in [0.15, 0.2) is 0 Å². The number of hydrogen-bond donors (Lipinski definition) is 1. The molecule has 2 rings (SSSR count). The third kappa shape index (κ3) is 4.20. The van der Waals surface area contributed by atoms with E-state index in [0.717, 1.165) is 23.6 Å². The zero-order valence-corrected chi connectivity index (χ0v) is 14.4. The fourth-order valence-corrected chi connectivity index (χ4v) is 3.62. The van der Waals surface area contributed by atoms with Crippen LogP contribution >= 0.6 is 24.0 Å². The maximum Gasteiger partial charge on any atom is 0.233 e. The molecule has 0 aliphatic heterocycles. The molecule has 2 atom stereocenters. The van der Waals surface area contributed by atoms with Gasteiger partial charge in [-0.3, -0.25) is 4.79 Å². The molecular formula is C16H22N2OS2. The van der Waals surface area contributed by atoms with E-state index in [9.17, 15) is 4.79 Å². The van der Waals surface area contributed by atoms with Crippen molar-refractivity contribution < 1.29 is 4.79 Å². The Morgan fingerprint density at radius 2 is 2.14 bits per heavy atom. The second kappa shape index (κ2) is 7.27. The maximum absolute atomic E-state index is 12.4. The number of rotatable bonds is 3. The Labute approximate surface area is 136 Å². The summed E-state index contributed by atoms with van der Waals surface area (Å²) in [6.07, 6.45) is 3.25. The largest absolute Gasteiger partial charge is 0.364 e. The molecule has 1 aromatic rings. The van der Waals surface area contributed by atoms with E-state index in [1.165, 1.54) is 22.9 Å². The van der Waals surface area contributed by atoms with Crippen molar-refractivity contribution in [3.8, 4) is 0 Å². The quantitative estimate of drug-likeness (QED) is 0.867. The third-order valence-electron chi connectivity index (χ3n) is 3.70. The maximum atomic E-state index is 12.4. The van der Waals surface area contributed by atoms with Crippen molar-refractivity contribution in [1.29, 1.82) is 0 Å². The SMILES string of the molecule is C[C@@H](SC(=S)N(C)C)C(=O)N[C@@H]1CCCc2ccccc21. The lowest BCUT2D eigenvalue weighted by Crippen LogP contribution is -2.37. The summed E-state index contributed by atoms with van der Waals surface area (Å²) < 4.78 is 0.738. The molecule has 0 saturated carbocycles. The standard InChI is InChI=1S/C16H22N2OS2/c1-11(21-16(20)18(2)3)15(19)17-14-10-6-8-12-7-4-5-9-13(12)14/h4-5,7,9,11,14H,6,8,10H2,1-3H3,(H,17,19)/t11-,14-/m1/s1. The molecule has 1 aliphatic rings. The van der Waals surface area contributed by atoms with Gasteiger partial charge in [-0.2, -0.15) is 0 Å². The summed E-state index contributed by atoms with van der Waals surface area (Å²) in [5.41, 5.74) is 2.63. The van der Waals surface area contributed by atoms with Crippen LogP contribution in [0.2, 0.25) is 0 Å². The number of thioether (sulfide) groups is 1. The molecule has 0 fully saturated rings. The highest BCUT2D eigenvalue weighted by Crippen LogP contribution is 2.29. The number of benzene rings is 1. The summed E-state index contributed by atoms with van der Waals surface area (Å²) >= 11 is 6.68. The van der Waals surface area contributed by atoms with Gasteiger partial charge in [0.05, 0.1) is 11.3 Å². The lowest BCUT2D eigenvalue weighted by atomic mass is 9.88. The van der Waals surface area contributed by atoms with Crippen molar-refractivity contribution in [2.45, 2.75) is 37.5 Å². The predicted octanol–water partition coefficient (Wildman–Crippen LogP) is 3.15. The first-order valence-corrected chi connectivity index (χ1v) is 8.54. The highest BCUT2D eigenvalue weighted by molar-refractivity contribution is 8.23. The summed E-state index contributed by atoms with van der Waals surface area (Å²) in [6.45, 7) is 1.91.